The van der Waals surface area contributed by atoms with E-state index in [-0.39, 0.29) is 57.8 Å². The first-order chi connectivity index (χ1) is 14.5. The van der Waals surface area contributed by atoms with Gasteiger partial charge in [0.2, 0.25) is 11.8 Å². The fourth-order valence-corrected chi connectivity index (χ4v) is 3.20. The number of likely N-dealkylation sites (N-methyl/N-ethyl adjacent to an activating group) is 4. The number of carboxylic acids is 1. The largest absolute Gasteiger partial charge is 0.480 e. The van der Waals surface area contributed by atoms with Gasteiger partial charge in [-0.1, -0.05) is 13.8 Å². The molecule has 0 spiro atoms. The molecule has 0 aliphatic heterocycles. The fraction of sp³-hybridized carbons (Fsp3) is 0.850. The van der Waals surface area contributed by atoms with E-state index in [9.17, 15) is 29.7 Å². The quantitative estimate of drug-likeness (QED) is 0.244. The standard InChI is InChI=1S/C20H41N5O6/c1-7-24(11-18(28)21(3)4)16(14-26)9-23(13-20(30)31)10-17(15-27)25(8-2)12-19(29)22(5)6/h16-17,26-27H,7-15H2,1-6H3,(H,30,31). The number of aliphatic hydroxyl groups is 2. The Morgan fingerprint density at radius 3 is 1.29 bits per heavy atom. The van der Waals surface area contributed by atoms with Crippen LogP contribution in [0.25, 0.3) is 0 Å². The first kappa shape index (κ1) is 29.2. The maximum absolute atomic E-state index is 12.1. The van der Waals surface area contributed by atoms with Crippen LogP contribution in [0.3, 0.4) is 0 Å². The van der Waals surface area contributed by atoms with Gasteiger partial charge in [-0.15, -0.1) is 0 Å². The molecule has 0 fully saturated rings. The summed E-state index contributed by atoms with van der Waals surface area (Å²) in [6.45, 7) is 4.60. The van der Waals surface area contributed by atoms with Gasteiger partial charge in [0.25, 0.3) is 0 Å². The molecule has 0 aromatic heterocycles. The highest BCUT2D eigenvalue weighted by atomic mass is 16.4. The minimum absolute atomic E-state index is 0.109. The van der Waals surface area contributed by atoms with Crippen LogP contribution in [0.15, 0.2) is 0 Å². The number of nitrogens with zero attached hydrogens (tertiary/aromatic N) is 5. The monoisotopic (exact) mass is 447 g/mol. The van der Waals surface area contributed by atoms with Gasteiger partial charge < -0.3 is 25.1 Å². The van der Waals surface area contributed by atoms with E-state index in [1.165, 1.54) is 9.80 Å². The molecule has 2 atom stereocenters. The number of hydrogen-bond donors (Lipinski definition) is 3. The van der Waals surface area contributed by atoms with Crippen LogP contribution in [0.1, 0.15) is 13.8 Å². The highest BCUT2D eigenvalue weighted by Gasteiger charge is 2.27. The lowest BCUT2D eigenvalue weighted by Gasteiger charge is -2.37. The maximum atomic E-state index is 12.1. The third kappa shape index (κ3) is 10.9. The predicted molar refractivity (Wildman–Crippen MR) is 118 cm³/mol. The minimum Gasteiger partial charge on any atom is -0.480 e. The van der Waals surface area contributed by atoms with E-state index in [4.69, 9.17) is 0 Å². The average Bonchev–Trinajstić information content (AvgIpc) is 2.71. The molecule has 0 aliphatic carbocycles. The van der Waals surface area contributed by atoms with Crippen LogP contribution in [-0.4, -0.2) is 157 Å². The second-order valence-electron chi connectivity index (χ2n) is 7.96. The van der Waals surface area contributed by atoms with E-state index in [2.05, 4.69) is 0 Å². The molecule has 0 bridgehead atoms. The van der Waals surface area contributed by atoms with E-state index < -0.39 is 18.1 Å². The molecular formula is C20H41N5O6. The molecular weight excluding hydrogens is 406 g/mol. The number of aliphatic hydroxyl groups excluding tert-OH is 2. The fourth-order valence-electron chi connectivity index (χ4n) is 3.20. The van der Waals surface area contributed by atoms with Crippen molar-refractivity contribution in [1.82, 2.24) is 24.5 Å². The molecule has 2 amide bonds. The van der Waals surface area contributed by atoms with E-state index in [1.807, 2.05) is 13.8 Å². The highest BCUT2D eigenvalue weighted by Crippen LogP contribution is 2.08. The summed E-state index contributed by atoms with van der Waals surface area (Å²) in [5, 5.41) is 29.2. The Morgan fingerprint density at radius 1 is 0.710 bits per heavy atom. The van der Waals surface area contributed by atoms with Crippen LogP contribution in [0, 0.1) is 0 Å². The van der Waals surface area contributed by atoms with Crippen LogP contribution in [0.4, 0.5) is 0 Å². The number of amides is 2. The van der Waals surface area contributed by atoms with Crippen LogP contribution in [0.2, 0.25) is 0 Å². The van der Waals surface area contributed by atoms with Crippen molar-refractivity contribution < 1.29 is 29.7 Å². The van der Waals surface area contributed by atoms with E-state index in [0.29, 0.717) is 13.1 Å². The topological polar surface area (TPSA) is 128 Å². The molecule has 0 aliphatic rings. The Morgan fingerprint density at radius 2 is 1.06 bits per heavy atom. The van der Waals surface area contributed by atoms with Gasteiger partial charge in [-0.2, -0.15) is 0 Å². The van der Waals surface area contributed by atoms with Gasteiger partial charge in [0.05, 0.1) is 32.8 Å². The zero-order chi connectivity index (χ0) is 24.1. The van der Waals surface area contributed by atoms with Gasteiger partial charge >= 0.3 is 5.97 Å². The normalized spacial score (nSPS) is 13.5. The molecule has 0 saturated heterocycles. The maximum Gasteiger partial charge on any atom is 0.317 e. The van der Waals surface area contributed by atoms with Crippen molar-refractivity contribution in [2.24, 2.45) is 0 Å². The van der Waals surface area contributed by atoms with Crippen molar-refractivity contribution in [3.8, 4) is 0 Å². The lowest BCUT2D eigenvalue weighted by atomic mass is 10.1. The molecule has 182 valence electrons. The first-order valence-corrected chi connectivity index (χ1v) is 10.5. The van der Waals surface area contributed by atoms with E-state index in [0.717, 1.165) is 0 Å². The second-order valence-corrected chi connectivity index (χ2v) is 7.96. The molecule has 0 saturated carbocycles. The Balaban J connectivity index is 5.45. The number of carboxylic acid groups (broad SMARTS) is 1. The van der Waals surface area contributed by atoms with Gasteiger partial charge in [-0.25, -0.2) is 0 Å². The molecule has 3 N–H and O–H groups in total. The van der Waals surface area contributed by atoms with Crippen LogP contribution >= 0.6 is 0 Å². The molecule has 2 unspecified atom stereocenters. The molecule has 11 heteroatoms. The molecule has 11 nitrogen and oxygen atoms in total. The van der Waals surface area contributed by atoms with Gasteiger partial charge in [0.15, 0.2) is 0 Å². The lowest BCUT2D eigenvalue weighted by Crippen LogP contribution is -2.54. The smallest absolute Gasteiger partial charge is 0.317 e. The van der Waals surface area contributed by atoms with Crippen molar-refractivity contribution in [2.45, 2.75) is 25.9 Å². The Labute approximate surface area is 185 Å². The SMILES string of the molecule is CCN(CC(=O)N(C)C)C(CO)CN(CC(=O)O)CC(CO)N(CC)CC(=O)N(C)C. The third-order valence-electron chi connectivity index (χ3n) is 5.24. The van der Waals surface area contributed by atoms with Crippen LogP contribution in [-0.2, 0) is 14.4 Å². The van der Waals surface area contributed by atoms with Crippen molar-refractivity contribution >= 4 is 17.8 Å². The molecule has 0 heterocycles. The number of rotatable bonds is 16. The Bertz CT molecular complexity index is 520. The third-order valence-corrected chi connectivity index (χ3v) is 5.24. The second kappa shape index (κ2) is 15.1. The summed E-state index contributed by atoms with van der Waals surface area (Å²) in [4.78, 5) is 43.9. The summed E-state index contributed by atoms with van der Waals surface area (Å²) in [5.74, 6) is -1.26. The van der Waals surface area contributed by atoms with Gasteiger partial charge in [0.1, 0.15) is 0 Å². The van der Waals surface area contributed by atoms with Gasteiger partial charge in [0, 0.05) is 53.4 Å². The van der Waals surface area contributed by atoms with Crippen molar-refractivity contribution in [1.29, 1.82) is 0 Å². The van der Waals surface area contributed by atoms with E-state index >= 15 is 0 Å². The average molecular weight is 448 g/mol. The first-order valence-electron chi connectivity index (χ1n) is 10.5. The van der Waals surface area contributed by atoms with Gasteiger partial charge in [-0.05, 0) is 13.1 Å². The van der Waals surface area contributed by atoms with Crippen molar-refractivity contribution in [3.63, 3.8) is 0 Å². The molecule has 0 aromatic carbocycles. The minimum atomic E-state index is -1.03. The summed E-state index contributed by atoms with van der Waals surface area (Å²) in [5.41, 5.74) is 0. The number of aliphatic carboxylic acids is 1. The lowest BCUT2D eigenvalue weighted by molar-refractivity contribution is -0.139. The van der Waals surface area contributed by atoms with Crippen LogP contribution in [0.5, 0.6) is 0 Å². The Hall–Kier alpha value is -1.79. The zero-order valence-corrected chi connectivity index (χ0v) is 19.8. The van der Waals surface area contributed by atoms with E-state index in [1.54, 1.807) is 42.9 Å². The number of carbonyl (C=O) groups is 3. The highest BCUT2D eigenvalue weighted by molar-refractivity contribution is 5.78. The molecule has 0 aromatic rings. The number of hydrogen-bond acceptors (Lipinski definition) is 8. The van der Waals surface area contributed by atoms with Crippen LogP contribution < -0.4 is 0 Å². The van der Waals surface area contributed by atoms with Crippen molar-refractivity contribution in [2.75, 3.05) is 87.2 Å². The zero-order valence-electron chi connectivity index (χ0n) is 19.8. The summed E-state index contributed by atoms with van der Waals surface area (Å²) in [6.07, 6.45) is 0. The number of carbonyl (C=O) groups excluding carboxylic acids is 2. The van der Waals surface area contributed by atoms with Crippen molar-refractivity contribution in [3.05, 3.63) is 0 Å². The summed E-state index contributed by atoms with van der Waals surface area (Å²) in [7, 11) is 6.62. The summed E-state index contributed by atoms with van der Waals surface area (Å²) in [6, 6.07) is -0.905. The predicted octanol–water partition coefficient (Wildman–Crippen LogP) is -2.08. The molecule has 31 heavy (non-hydrogen) atoms. The summed E-state index contributed by atoms with van der Waals surface area (Å²) < 4.78 is 0. The summed E-state index contributed by atoms with van der Waals surface area (Å²) >= 11 is 0. The molecule has 0 rings (SSSR count). The van der Waals surface area contributed by atoms with Gasteiger partial charge in [-0.3, -0.25) is 29.1 Å². The molecule has 0 radical (unpaired) electrons. The Kier molecular flexibility index (Phi) is 14.2.